The Hall–Kier alpha value is -3.58. The molecule has 1 N–H and O–H groups in total. The fourth-order valence-electron chi connectivity index (χ4n) is 3.25. The third-order valence-corrected chi connectivity index (χ3v) is 5.46. The van der Waals surface area contributed by atoms with Crippen molar-refractivity contribution in [3.8, 4) is 0 Å². The Morgan fingerprint density at radius 3 is 2.50 bits per heavy atom. The fraction of sp³-hybridized carbons (Fsp3) is 0.208. The van der Waals surface area contributed by atoms with Crippen molar-refractivity contribution in [1.82, 2.24) is 9.78 Å². The molecule has 0 radical (unpaired) electrons. The van der Waals surface area contributed by atoms with E-state index in [-0.39, 0.29) is 5.91 Å². The van der Waals surface area contributed by atoms with Crippen molar-refractivity contribution in [2.45, 2.75) is 20.4 Å². The van der Waals surface area contributed by atoms with E-state index in [2.05, 4.69) is 15.2 Å². The number of methoxy groups -OCH3 is 1. The number of hydrogen-bond acceptors (Lipinski definition) is 4. The first kappa shape index (κ1) is 23.1. The van der Waals surface area contributed by atoms with Gasteiger partial charge in [-0.2, -0.15) is 5.10 Å². The maximum absolute atomic E-state index is 12.4. The van der Waals surface area contributed by atoms with Crippen LogP contribution in [0.2, 0.25) is 5.02 Å². The molecule has 0 fully saturated rings. The second-order valence-corrected chi connectivity index (χ2v) is 7.64. The zero-order chi connectivity index (χ0) is 23.3. The summed E-state index contributed by atoms with van der Waals surface area (Å²) in [7, 11) is 2.93. The monoisotopic (exact) mass is 452 g/mol. The number of ether oxygens (including phenoxy) is 1. The second kappa shape index (κ2) is 10.2. The first-order valence-electron chi connectivity index (χ1n) is 9.98. The number of aromatic nitrogens is 2. The number of nitrogens with one attached hydrogen (secondary N) is 1. The van der Waals surface area contributed by atoms with Crippen LogP contribution in [0, 0.1) is 13.8 Å². The Morgan fingerprint density at radius 2 is 1.84 bits per heavy atom. The summed E-state index contributed by atoms with van der Waals surface area (Å²) < 4.78 is 6.57. The molecule has 0 unspecified atom stereocenters. The van der Waals surface area contributed by atoms with E-state index in [1.54, 1.807) is 37.4 Å². The van der Waals surface area contributed by atoms with Gasteiger partial charge in [-0.05, 0) is 55.8 Å². The van der Waals surface area contributed by atoms with Gasteiger partial charge in [0.05, 0.1) is 19.3 Å². The standard InChI is InChI=1S/C24H25ClN4O3/c1-16-21(17(2)29(27-16)15-18-7-5-6-8-22(18)25)13-14-23(30)26-19-9-11-20(12-10-19)28(3)24(31)32-4/h5-14H,15H2,1-4H3,(H,26,30)/b14-13+. The molecule has 1 heterocycles. The number of nitrogens with zero attached hydrogens (tertiary/aromatic N) is 3. The van der Waals surface area contributed by atoms with Crippen molar-refractivity contribution < 1.29 is 14.3 Å². The molecule has 0 aliphatic carbocycles. The molecule has 0 bridgehead atoms. The van der Waals surface area contributed by atoms with Gasteiger partial charge in [-0.1, -0.05) is 29.8 Å². The molecular formula is C24H25ClN4O3. The number of benzene rings is 2. The molecule has 3 aromatic rings. The highest BCUT2D eigenvalue weighted by Crippen LogP contribution is 2.21. The Labute approximate surface area is 192 Å². The smallest absolute Gasteiger partial charge is 0.413 e. The van der Waals surface area contributed by atoms with E-state index in [0.29, 0.717) is 22.9 Å². The average Bonchev–Trinajstić information content (AvgIpc) is 3.05. The van der Waals surface area contributed by atoms with E-state index in [9.17, 15) is 9.59 Å². The van der Waals surface area contributed by atoms with E-state index in [1.165, 1.54) is 18.1 Å². The van der Waals surface area contributed by atoms with Gasteiger partial charge in [0.2, 0.25) is 5.91 Å². The van der Waals surface area contributed by atoms with Gasteiger partial charge in [0, 0.05) is 40.8 Å². The molecule has 166 valence electrons. The molecule has 8 heteroatoms. The Balaban J connectivity index is 1.67. The van der Waals surface area contributed by atoms with Gasteiger partial charge >= 0.3 is 6.09 Å². The summed E-state index contributed by atoms with van der Waals surface area (Å²) in [6, 6.07) is 14.6. The Kier molecular flexibility index (Phi) is 7.33. The lowest BCUT2D eigenvalue weighted by atomic mass is 10.1. The lowest BCUT2D eigenvalue weighted by Crippen LogP contribution is -2.25. The third-order valence-electron chi connectivity index (χ3n) is 5.09. The second-order valence-electron chi connectivity index (χ2n) is 7.23. The largest absolute Gasteiger partial charge is 0.452 e. The van der Waals surface area contributed by atoms with Crippen LogP contribution >= 0.6 is 11.6 Å². The summed E-state index contributed by atoms with van der Waals surface area (Å²) in [5.41, 5.74) is 4.92. The normalized spacial score (nSPS) is 10.9. The number of anilines is 2. The molecule has 7 nitrogen and oxygen atoms in total. The highest BCUT2D eigenvalue weighted by molar-refractivity contribution is 6.31. The van der Waals surface area contributed by atoms with Crippen LogP contribution in [-0.2, 0) is 16.1 Å². The van der Waals surface area contributed by atoms with Crippen LogP contribution in [0.25, 0.3) is 6.08 Å². The van der Waals surface area contributed by atoms with Gasteiger partial charge in [-0.25, -0.2) is 4.79 Å². The van der Waals surface area contributed by atoms with Gasteiger partial charge in [0.15, 0.2) is 0 Å². The van der Waals surface area contributed by atoms with Crippen molar-refractivity contribution in [2.75, 3.05) is 24.4 Å². The van der Waals surface area contributed by atoms with Gasteiger partial charge in [0.1, 0.15) is 0 Å². The summed E-state index contributed by atoms with van der Waals surface area (Å²) in [5.74, 6) is -0.267. The first-order valence-corrected chi connectivity index (χ1v) is 10.4. The summed E-state index contributed by atoms with van der Waals surface area (Å²) >= 11 is 6.27. The number of halogens is 1. The third kappa shape index (κ3) is 5.36. The van der Waals surface area contributed by atoms with Crippen molar-refractivity contribution >= 4 is 41.1 Å². The van der Waals surface area contributed by atoms with E-state index in [4.69, 9.17) is 11.6 Å². The zero-order valence-corrected chi connectivity index (χ0v) is 19.2. The molecule has 0 atom stereocenters. The lowest BCUT2D eigenvalue weighted by molar-refractivity contribution is -0.111. The van der Waals surface area contributed by atoms with Crippen LogP contribution < -0.4 is 10.2 Å². The predicted molar refractivity (Wildman–Crippen MR) is 127 cm³/mol. The molecule has 0 saturated heterocycles. The minimum Gasteiger partial charge on any atom is -0.452 e. The van der Waals surface area contributed by atoms with Gasteiger partial charge in [-0.15, -0.1) is 0 Å². The van der Waals surface area contributed by atoms with Crippen molar-refractivity contribution in [3.63, 3.8) is 0 Å². The van der Waals surface area contributed by atoms with Crippen molar-refractivity contribution in [1.29, 1.82) is 0 Å². The minimum absolute atomic E-state index is 0.267. The van der Waals surface area contributed by atoms with E-state index >= 15 is 0 Å². The SMILES string of the molecule is COC(=O)N(C)c1ccc(NC(=O)/C=C/c2c(C)nn(Cc3ccccc3Cl)c2C)cc1. The van der Waals surface area contributed by atoms with Gasteiger partial charge in [-0.3, -0.25) is 14.4 Å². The highest BCUT2D eigenvalue weighted by atomic mass is 35.5. The Morgan fingerprint density at radius 1 is 1.16 bits per heavy atom. The van der Waals surface area contributed by atoms with Gasteiger partial charge in [0.25, 0.3) is 0 Å². The Bertz CT molecular complexity index is 1150. The number of amides is 2. The van der Waals surface area contributed by atoms with Crippen LogP contribution in [0.5, 0.6) is 0 Å². The molecule has 32 heavy (non-hydrogen) atoms. The minimum atomic E-state index is -0.467. The van der Waals surface area contributed by atoms with Crippen molar-refractivity contribution in [2.24, 2.45) is 0 Å². The lowest BCUT2D eigenvalue weighted by Gasteiger charge is -2.15. The zero-order valence-electron chi connectivity index (χ0n) is 18.4. The predicted octanol–water partition coefficient (Wildman–Crippen LogP) is 5.06. The molecular weight excluding hydrogens is 428 g/mol. The number of rotatable bonds is 6. The molecule has 2 aromatic carbocycles. The fourth-order valence-corrected chi connectivity index (χ4v) is 3.44. The molecule has 0 saturated carbocycles. The molecule has 0 aliphatic heterocycles. The van der Waals surface area contributed by atoms with E-state index in [1.807, 2.05) is 42.8 Å². The quantitative estimate of drug-likeness (QED) is 0.530. The number of hydrogen-bond donors (Lipinski definition) is 1. The van der Waals surface area contributed by atoms with Crippen LogP contribution in [0.15, 0.2) is 54.6 Å². The number of aryl methyl sites for hydroxylation is 1. The number of carbonyl (C=O) groups excluding carboxylic acids is 2. The maximum atomic E-state index is 12.4. The van der Waals surface area contributed by atoms with Crippen LogP contribution in [-0.4, -0.2) is 35.9 Å². The van der Waals surface area contributed by atoms with E-state index < -0.39 is 6.09 Å². The van der Waals surface area contributed by atoms with Crippen LogP contribution in [0.4, 0.5) is 16.2 Å². The molecule has 0 spiro atoms. The number of carbonyl (C=O) groups is 2. The summed E-state index contributed by atoms with van der Waals surface area (Å²) in [6.07, 6.45) is 2.77. The van der Waals surface area contributed by atoms with Crippen molar-refractivity contribution in [3.05, 3.63) is 82.1 Å². The molecule has 2 amide bonds. The van der Waals surface area contributed by atoms with E-state index in [0.717, 1.165) is 22.5 Å². The molecule has 1 aromatic heterocycles. The maximum Gasteiger partial charge on any atom is 0.413 e. The molecule has 0 aliphatic rings. The van der Waals surface area contributed by atoms with Crippen LogP contribution in [0.3, 0.4) is 0 Å². The topological polar surface area (TPSA) is 76.5 Å². The molecule has 3 rings (SSSR count). The summed E-state index contributed by atoms with van der Waals surface area (Å²) in [4.78, 5) is 25.4. The highest BCUT2D eigenvalue weighted by Gasteiger charge is 2.12. The average molecular weight is 453 g/mol. The first-order chi connectivity index (χ1) is 15.3. The summed E-state index contributed by atoms with van der Waals surface area (Å²) in [5, 5.41) is 8.09. The van der Waals surface area contributed by atoms with Crippen LogP contribution in [0.1, 0.15) is 22.5 Å². The summed E-state index contributed by atoms with van der Waals surface area (Å²) in [6.45, 7) is 4.42. The van der Waals surface area contributed by atoms with Gasteiger partial charge < -0.3 is 10.1 Å².